The minimum absolute atomic E-state index is 0.0467. The fourth-order valence-electron chi connectivity index (χ4n) is 1.67. The van der Waals surface area contributed by atoms with Crippen LogP contribution < -0.4 is 0 Å². The number of hydrogen-bond donors (Lipinski definition) is 3. The molecule has 126 valence electrons. The summed E-state index contributed by atoms with van der Waals surface area (Å²) < 4.78 is 9.87. The van der Waals surface area contributed by atoms with Crippen molar-refractivity contribution < 1.29 is 34.2 Å². The van der Waals surface area contributed by atoms with Gasteiger partial charge in [-0.25, -0.2) is 0 Å². The van der Waals surface area contributed by atoms with Gasteiger partial charge in [-0.2, -0.15) is 0 Å². The predicted octanol–water partition coefficient (Wildman–Crippen LogP) is -1.91. The number of carbonyl (C=O) groups excluding carboxylic acids is 1. The third-order valence-corrected chi connectivity index (χ3v) is 2.95. The van der Waals surface area contributed by atoms with Crippen LogP contribution in [0.4, 0.5) is 0 Å². The highest BCUT2D eigenvalue weighted by Gasteiger charge is 2.21. The summed E-state index contributed by atoms with van der Waals surface area (Å²) >= 11 is 0. The van der Waals surface area contributed by atoms with Crippen LogP contribution in [0.15, 0.2) is 0 Å². The first kappa shape index (κ1) is 20.9. The molecule has 0 radical (unpaired) electrons. The van der Waals surface area contributed by atoms with E-state index >= 15 is 0 Å². The Bertz CT molecular complexity index is 344. The Hall–Kier alpha value is -1.13. The molecule has 3 N–H and O–H groups in total. The summed E-state index contributed by atoms with van der Waals surface area (Å²) in [6, 6.07) is 0. The van der Waals surface area contributed by atoms with Gasteiger partial charge in [-0.15, -0.1) is 0 Å². The average Bonchev–Trinajstić information content (AvgIpc) is 2.41. The Morgan fingerprint density at radius 1 is 1.00 bits per heavy atom. The van der Waals surface area contributed by atoms with Gasteiger partial charge in [0.05, 0.1) is 19.7 Å². The summed E-state index contributed by atoms with van der Waals surface area (Å²) in [5, 5.41) is 27.6. The van der Waals surface area contributed by atoms with Gasteiger partial charge in [0.15, 0.2) is 0 Å². The molecule has 0 aromatic rings. The molecule has 0 aliphatic heterocycles. The first-order valence-electron chi connectivity index (χ1n) is 6.98. The zero-order chi connectivity index (χ0) is 17.1. The van der Waals surface area contributed by atoms with Crippen molar-refractivity contribution in [3.05, 3.63) is 0 Å². The van der Waals surface area contributed by atoms with Crippen molar-refractivity contribution in [3.63, 3.8) is 0 Å². The molecule has 0 spiro atoms. The molecule has 9 nitrogen and oxygen atoms in total. The van der Waals surface area contributed by atoms with Gasteiger partial charge in [0.25, 0.3) is 0 Å². The van der Waals surface area contributed by atoms with Crippen molar-refractivity contribution >= 4 is 26.0 Å². The lowest BCUT2D eigenvalue weighted by molar-refractivity contribution is -0.144. The first-order chi connectivity index (χ1) is 10.3. The third-order valence-electron chi connectivity index (χ3n) is 2.95. The molecule has 0 aromatic carbocycles. The lowest BCUT2D eigenvalue weighted by atomic mass is 9.85. The van der Waals surface area contributed by atoms with Crippen molar-refractivity contribution in [1.82, 2.24) is 9.62 Å². The monoisotopic (exact) mass is 318 g/mol. The number of carboxylic acids is 1. The number of aliphatic carboxylic acids is 1. The Labute approximate surface area is 131 Å². The van der Waals surface area contributed by atoms with Crippen molar-refractivity contribution in [2.24, 2.45) is 0 Å². The highest BCUT2D eigenvalue weighted by Crippen LogP contribution is 1.96. The second kappa shape index (κ2) is 11.4. The topological polar surface area (TPSA) is 120 Å². The molecule has 0 fully saturated rings. The van der Waals surface area contributed by atoms with Gasteiger partial charge >= 0.3 is 26.0 Å². The Morgan fingerprint density at radius 3 is 1.95 bits per heavy atom. The zero-order valence-corrected chi connectivity index (χ0v) is 13.3. The maximum Gasteiger partial charge on any atom is 0.377 e. The van der Waals surface area contributed by atoms with E-state index in [1.165, 1.54) is 30.4 Å². The molecule has 0 bridgehead atoms. The summed E-state index contributed by atoms with van der Waals surface area (Å²) in [4.78, 5) is 25.0. The Balaban J connectivity index is 4.16. The van der Waals surface area contributed by atoms with Gasteiger partial charge in [0, 0.05) is 20.2 Å². The predicted molar refractivity (Wildman–Crippen MR) is 81.3 cm³/mol. The molecule has 0 amide bonds. The van der Waals surface area contributed by atoms with Gasteiger partial charge in [-0.05, 0) is 13.6 Å². The molecule has 22 heavy (non-hydrogen) atoms. The zero-order valence-electron chi connectivity index (χ0n) is 13.3. The highest BCUT2D eigenvalue weighted by atomic mass is 16.5. The smallest absolute Gasteiger partial charge is 0.377 e. The standard InChI is InChI=1S/C11H24B2N2O7/c1-12(19)14(8-10(16)17)5-7-22-11(18)9-15(13(2)20)4-6-21-3/h19-20H,4-9H2,1-3H3,(H,16,17). The van der Waals surface area contributed by atoms with Crippen LogP contribution in [0.5, 0.6) is 0 Å². The quantitative estimate of drug-likeness (QED) is 0.279. The molecule has 0 saturated heterocycles. The number of hydrogen-bond acceptors (Lipinski definition) is 8. The Kier molecular flexibility index (Phi) is 10.9. The first-order valence-corrected chi connectivity index (χ1v) is 6.98. The van der Waals surface area contributed by atoms with Crippen LogP contribution >= 0.6 is 0 Å². The number of ether oxygens (including phenoxy) is 2. The number of rotatable bonds is 12. The molecule has 0 saturated carbocycles. The van der Waals surface area contributed by atoms with Crippen LogP contribution in [0, 0.1) is 0 Å². The number of nitrogens with zero attached hydrogens (tertiary/aromatic N) is 2. The number of carbonyl (C=O) groups is 2. The normalized spacial score (nSPS) is 10.9. The Morgan fingerprint density at radius 2 is 1.50 bits per heavy atom. The largest absolute Gasteiger partial charge is 0.480 e. The SMILES string of the molecule is COCCN(CC(=O)OCCN(CC(=O)O)B(C)O)B(C)O. The van der Waals surface area contributed by atoms with E-state index in [4.69, 9.17) is 14.6 Å². The summed E-state index contributed by atoms with van der Waals surface area (Å²) in [6.45, 7) is 3.32. The van der Waals surface area contributed by atoms with E-state index in [0.29, 0.717) is 13.2 Å². The fraction of sp³-hybridized carbons (Fsp3) is 0.818. The van der Waals surface area contributed by atoms with Gasteiger partial charge in [0.1, 0.15) is 6.61 Å². The van der Waals surface area contributed by atoms with Gasteiger partial charge in [0.2, 0.25) is 0 Å². The van der Waals surface area contributed by atoms with E-state index < -0.39 is 26.0 Å². The van der Waals surface area contributed by atoms with Crippen molar-refractivity contribution in [1.29, 1.82) is 0 Å². The molecule has 0 unspecified atom stereocenters. The minimum atomic E-state index is -1.08. The van der Waals surface area contributed by atoms with Crippen molar-refractivity contribution in [3.8, 4) is 0 Å². The van der Waals surface area contributed by atoms with Crippen LogP contribution in [0.1, 0.15) is 0 Å². The van der Waals surface area contributed by atoms with Crippen LogP contribution in [0.25, 0.3) is 0 Å². The second-order valence-corrected chi connectivity index (χ2v) is 4.81. The van der Waals surface area contributed by atoms with E-state index in [1.807, 2.05) is 0 Å². The summed E-state index contributed by atoms with van der Waals surface area (Å²) in [5.41, 5.74) is 0. The van der Waals surface area contributed by atoms with E-state index in [9.17, 15) is 19.6 Å². The molecule has 0 aromatic heterocycles. The molecule has 0 aliphatic carbocycles. The maximum atomic E-state index is 11.7. The second-order valence-electron chi connectivity index (χ2n) is 4.81. The van der Waals surface area contributed by atoms with E-state index in [2.05, 4.69) is 0 Å². The lowest BCUT2D eigenvalue weighted by Crippen LogP contribution is -2.45. The molecular weight excluding hydrogens is 294 g/mol. The van der Waals surface area contributed by atoms with Gasteiger partial charge in [-0.3, -0.25) is 9.59 Å². The van der Waals surface area contributed by atoms with Crippen molar-refractivity contribution in [2.75, 3.05) is 46.5 Å². The molecule has 0 aliphatic rings. The average molecular weight is 318 g/mol. The van der Waals surface area contributed by atoms with Crippen LogP contribution in [-0.2, 0) is 19.1 Å². The maximum absolute atomic E-state index is 11.7. The number of esters is 1. The number of carboxylic acid groups (broad SMARTS) is 1. The summed E-state index contributed by atoms with van der Waals surface area (Å²) in [6.07, 6.45) is 0. The van der Waals surface area contributed by atoms with E-state index in [1.54, 1.807) is 0 Å². The number of methoxy groups -OCH3 is 1. The minimum Gasteiger partial charge on any atom is -0.480 e. The molecular formula is C11H24B2N2O7. The van der Waals surface area contributed by atoms with Crippen LogP contribution in [0.2, 0.25) is 13.6 Å². The lowest BCUT2D eigenvalue weighted by Gasteiger charge is -2.23. The van der Waals surface area contributed by atoms with Crippen molar-refractivity contribution in [2.45, 2.75) is 13.6 Å². The van der Waals surface area contributed by atoms with Gasteiger partial charge in [-0.1, -0.05) is 0 Å². The molecule has 0 atom stereocenters. The molecule has 0 heterocycles. The molecule has 0 rings (SSSR count). The summed E-state index contributed by atoms with van der Waals surface area (Å²) in [5.74, 6) is -1.62. The molecule has 11 heteroatoms. The highest BCUT2D eigenvalue weighted by molar-refractivity contribution is 6.45. The van der Waals surface area contributed by atoms with Crippen LogP contribution in [0.3, 0.4) is 0 Å². The fourth-order valence-corrected chi connectivity index (χ4v) is 1.67. The van der Waals surface area contributed by atoms with E-state index in [-0.39, 0.29) is 26.2 Å². The van der Waals surface area contributed by atoms with E-state index in [0.717, 1.165) is 0 Å². The summed E-state index contributed by atoms with van der Waals surface area (Å²) in [7, 11) is -0.250. The van der Waals surface area contributed by atoms with Crippen LogP contribution in [-0.4, -0.2) is 97.3 Å². The van der Waals surface area contributed by atoms with Gasteiger partial charge < -0.3 is 34.3 Å². The third kappa shape index (κ3) is 9.74.